The van der Waals surface area contributed by atoms with Gasteiger partial charge in [-0.3, -0.25) is 0 Å². The highest BCUT2D eigenvalue weighted by atomic mass is 32.1. The third-order valence-corrected chi connectivity index (χ3v) is 2.44. The Kier molecular flexibility index (Phi) is 3.70. The first-order valence-electron chi connectivity index (χ1n) is 4.08. The Hall–Kier alpha value is -0.240. The zero-order valence-electron chi connectivity index (χ0n) is 6.92. The predicted octanol–water partition coefficient (Wildman–Crippen LogP) is 1.57. The standard InChI is InChI=1S/C8H14N2S/c1-10-6-2-3-8(10)4-5-9-7-11/h8H,2-6H2,1H3. The average Bonchev–Trinajstić information content (AvgIpc) is 2.37. The summed E-state index contributed by atoms with van der Waals surface area (Å²) in [6.45, 7) is 2.09. The van der Waals surface area contributed by atoms with E-state index < -0.39 is 0 Å². The van der Waals surface area contributed by atoms with Gasteiger partial charge in [-0.1, -0.05) is 0 Å². The van der Waals surface area contributed by atoms with Crippen LogP contribution in [0.2, 0.25) is 0 Å². The van der Waals surface area contributed by atoms with Crippen LogP contribution in [0.25, 0.3) is 0 Å². The van der Waals surface area contributed by atoms with Gasteiger partial charge in [-0.25, -0.2) is 4.99 Å². The maximum Gasteiger partial charge on any atom is 0.0584 e. The zero-order valence-corrected chi connectivity index (χ0v) is 7.73. The van der Waals surface area contributed by atoms with Crippen LogP contribution in [0.4, 0.5) is 0 Å². The molecule has 1 aliphatic rings. The minimum Gasteiger partial charge on any atom is -0.303 e. The van der Waals surface area contributed by atoms with Gasteiger partial charge < -0.3 is 4.90 Å². The number of hydrogen-bond acceptors (Lipinski definition) is 3. The molecule has 1 unspecified atom stereocenters. The van der Waals surface area contributed by atoms with Gasteiger partial charge in [0, 0.05) is 6.04 Å². The zero-order chi connectivity index (χ0) is 8.10. The van der Waals surface area contributed by atoms with Crippen LogP contribution in [0.5, 0.6) is 0 Å². The van der Waals surface area contributed by atoms with E-state index in [2.05, 4.69) is 34.3 Å². The highest BCUT2D eigenvalue weighted by Gasteiger charge is 2.19. The molecule has 0 amide bonds. The van der Waals surface area contributed by atoms with E-state index in [9.17, 15) is 0 Å². The summed E-state index contributed by atoms with van der Waals surface area (Å²) in [4.78, 5) is 6.31. The third kappa shape index (κ3) is 2.70. The van der Waals surface area contributed by atoms with Crippen LogP contribution in [0.1, 0.15) is 19.3 Å². The van der Waals surface area contributed by atoms with Crippen molar-refractivity contribution in [2.24, 2.45) is 4.99 Å². The van der Waals surface area contributed by atoms with E-state index in [1.165, 1.54) is 19.4 Å². The molecule has 1 aliphatic heterocycles. The van der Waals surface area contributed by atoms with Crippen LogP contribution >= 0.6 is 12.2 Å². The quantitative estimate of drug-likeness (QED) is 0.472. The maximum absolute atomic E-state index is 4.49. The first-order chi connectivity index (χ1) is 5.34. The van der Waals surface area contributed by atoms with Gasteiger partial charge in [-0.2, -0.15) is 0 Å². The molecule has 1 heterocycles. The van der Waals surface area contributed by atoms with Gasteiger partial charge in [0.2, 0.25) is 0 Å². The average molecular weight is 170 g/mol. The molecule has 0 N–H and O–H groups in total. The van der Waals surface area contributed by atoms with Crippen molar-refractivity contribution >= 4 is 17.4 Å². The molecule has 0 spiro atoms. The van der Waals surface area contributed by atoms with Crippen molar-refractivity contribution in [3.63, 3.8) is 0 Å². The molecule has 0 bridgehead atoms. The van der Waals surface area contributed by atoms with Crippen molar-refractivity contribution in [1.82, 2.24) is 4.90 Å². The molecule has 1 saturated heterocycles. The van der Waals surface area contributed by atoms with Crippen molar-refractivity contribution in [2.45, 2.75) is 25.3 Å². The minimum atomic E-state index is 0.738. The fraction of sp³-hybridized carbons (Fsp3) is 0.875. The topological polar surface area (TPSA) is 15.6 Å². The third-order valence-electron chi connectivity index (χ3n) is 2.31. The van der Waals surface area contributed by atoms with Gasteiger partial charge in [0.1, 0.15) is 0 Å². The van der Waals surface area contributed by atoms with E-state index in [1.807, 2.05) is 0 Å². The van der Waals surface area contributed by atoms with E-state index in [-0.39, 0.29) is 0 Å². The highest BCUT2D eigenvalue weighted by Crippen LogP contribution is 2.17. The number of hydrogen-bond donors (Lipinski definition) is 0. The second kappa shape index (κ2) is 4.60. The second-order valence-electron chi connectivity index (χ2n) is 3.04. The number of likely N-dealkylation sites (tertiary alicyclic amines) is 1. The minimum absolute atomic E-state index is 0.738. The normalized spacial score (nSPS) is 25.0. The molecule has 0 aromatic carbocycles. The van der Waals surface area contributed by atoms with Crippen LogP contribution < -0.4 is 0 Å². The van der Waals surface area contributed by atoms with Crippen LogP contribution in [0.3, 0.4) is 0 Å². The molecule has 3 heteroatoms. The molecule has 11 heavy (non-hydrogen) atoms. The van der Waals surface area contributed by atoms with Crippen molar-refractivity contribution in [3.8, 4) is 0 Å². The SMILES string of the molecule is CN1CCCC1CCN=C=S. The van der Waals surface area contributed by atoms with E-state index in [0.717, 1.165) is 19.0 Å². The Morgan fingerprint density at radius 3 is 3.09 bits per heavy atom. The monoisotopic (exact) mass is 170 g/mol. The van der Waals surface area contributed by atoms with Gasteiger partial charge in [-0.05, 0) is 45.1 Å². The van der Waals surface area contributed by atoms with Crippen LogP contribution in [-0.4, -0.2) is 36.2 Å². The lowest BCUT2D eigenvalue weighted by atomic mass is 10.1. The first kappa shape index (κ1) is 8.85. The maximum atomic E-state index is 4.49. The molecule has 0 radical (unpaired) electrons. The number of isothiocyanates is 1. The molecule has 2 nitrogen and oxygen atoms in total. The van der Waals surface area contributed by atoms with E-state index in [0.29, 0.717) is 0 Å². The Bertz CT molecular complexity index is 163. The molecule has 0 saturated carbocycles. The molecule has 0 aromatic rings. The van der Waals surface area contributed by atoms with Gasteiger partial charge in [0.25, 0.3) is 0 Å². The van der Waals surface area contributed by atoms with Crippen LogP contribution in [0, 0.1) is 0 Å². The summed E-state index contributed by atoms with van der Waals surface area (Å²) in [6, 6.07) is 0.738. The highest BCUT2D eigenvalue weighted by molar-refractivity contribution is 7.78. The first-order valence-corrected chi connectivity index (χ1v) is 4.49. The fourth-order valence-corrected chi connectivity index (χ4v) is 1.69. The van der Waals surface area contributed by atoms with Gasteiger partial charge in [0.05, 0.1) is 11.7 Å². The Morgan fingerprint density at radius 1 is 1.73 bits per heavy atom. The molecule has 0 aliphatic carbocycles. The Morgan fingerprint density at radius 2 is 2.55 bits per heavy atom. The number of thiocarbonyl (C=S) groups is 1. The lowest BCUT2D eigenvalue weighted by Gasteiger charge is -2.17. The lowest BCUT2D eigenvalue weighted by molar-refractivity contribution is 0.300. The molecule has 1 rings (SSSR count). The summed E-state index contributed by atoms with van der Waals surface area (Å²) < 4.78 is 0. The molecular formula is C8H14N2S. The number of aliphatic imine (C=N–C) groups is 1. The molecule has 62 valence electrons. The van der Waals surface area contributed by atoms with E-state index in [1.54, 1.807) is 0 Å². The Labute approximate surface area is 73.3 Å². The summed E-state index contributed by atoms with van der Waals surface area (Å²) in [5, 5.41) is 2.40. The lowest BCUT2D eigenvalue weighted by Crippen LogP contribution is -2.25. The number of rotatable bonds is 3. The van der Waals surface area contributed by atoms with Crippen molar-refractivity contribution in [3.05, 3.63) is 0 Å². The van der Waals surface area contributed by atoms with Gasteiger partial charge >= 0.3 is 0 Å². The van der Waals surface area contributed by atoms with Gasteiger partial charge in [0.15, 0.2) is 0 Å². The fourth-order valence-electron chi connectivity index (χ4n) is 1.60. The van der Waals surface area contributed by atoms with Gasteiger partial charge in [-0.15, -0.1) is 0 Å². The molecule has 1 fully saturated rings. The summed E-state index contributed by atoms with van der Waals surface area (Å²) in [7, 11) is 2.18. The summed E-state index contributed by atoms with van der Waals surface area (Å²) >= 11 is 4.49. The summed E-state index contributed by atoms with van der Waals surface area (Å²) in [6.07, 6.45) is 3.80. The smallest absolute Gasteiger partial charge is 0.0584 e. The summed E-state index contributed by atoms with van der Waals surface area (Å²) in [5.74, 6) is 0. The van der Waals surface area contributed by atoms with Crippen molar-refractivity contribution < 1.29 is 0 Å². The molecule has 1 atom stereocenters. The van der Waals surface area contributed by atoms with E-state index >= 15 is 0 Å². The van der Waals surface area contributed by atoms with E-state index in [4.69, 9.17) is 0 Å². The largest absolute Gasteiger partial charge is 0.303 e. The Balaban J connectivity index is 2.20. The van der Waals surface area contributed by atoms with Crippen LogP contribution in [-0.2, 0) is 0 Å². The van der Waals surface area contributed by atoms with Crippen LogP contribution in [0.15, 0.2) is 4.99 Å². The number of nitrogens with zero attached hydrogens (tertiary/aromatic N) is 2. The second-order valence-corrected chi connectivity index (χ2v) is 3.22. The summed E-state index contributed by atoms with van der Waals surface area (Å²) in [5.41, 5.74) is 0. The van der Waals surface area contributed by atoms with Crippen molar-refractivity contribution in [2.75, 3.05) is 20.1 Å². The molecular weight excluding hydrogens is 156 g/mol. The molecule has 0 aromatic heterocycles. The van der Waals surface area contributed by atoms with Crippen molar-refractivity contribution in [1.29, 1.82) is 0 Å². The predicted molar refractivity (Wildman–Crippen MR) is 50.2 cm³/mol.